The van der Waals surface area contributed by atoms with Crippen LogP contribution in [0.2, 0.25) is 25.7 Å². The van der Waals surface area contributed by atoms with Gasteiger partial charge in [0.15, 0.2) is 11.5 Å². The van der Waals surface area contributed by atoms with E-state index in [4.69, 9.17) is 14.2 Å². The monoisotopic (exact) mass is 677 g/mol. The van der Waals surface area contributed by atoms with Crippen molar-refractivity contribution in [3.63, 3.8) is 0 Å². The normalized spacial score (nSPS) is 14.8. The van der Waals surface area contributed by atoms with Crippen molar-refractivity contribution in [2.24, 2.45) is 0 Å². The van der Waals surface area contributed by atoms with Crippen molar-refractivity contribution in [2.45, 2.75) is 51.4 Å². The number of fused-ring (bicyclic) bond motifs is 1. The third kappa shape index (κ3) is 10.5. The number of ether oxygens (including phenoxy) is 4. The van der Waals surface area contributed by atoms with Crippen LogP contribution in [-0.4, -0.2) is 80.9 Å². The molecule has 4 rings (SSSR count). The summed E-state index contributed by atoms with van der Waals surface area (Å²) in [6, 6.07) is 4.42. The number of morpholine rings is 1. The van der Waals surface area contributed by atoms with Gasteiger partial charge in [-0.1, -0.05) is 19.6 Å². The Labute approximate surface area is 262 Å². The Balaban J connectivity index is 1.52. The molecule has 3 heterocycles. The summed E-state index contributed by atoms with van der Waals surface area (Å²) in [7, 11) is -1.45. The van der Waals surface area contributed by atoms with Crippen LogP contribution in [0.4, 0.5) is 36.8 Å². The van der Waals surface area contributed by atoms with Gasteiger partial charge in [-0.2, -0.15) is 13.2 Å². The first-order chi connectivity index (χ1) is 21.6. The van der Waals surface area contributed by atoms with Gasteiger partial charge in [-0.3, -0.25) is 4.90 Å². The van der Waals surface area contributed by atoms with E-state index in [0.29, 0.717) is 32.8 Å². The minimum atomic E-state index is -5.17. The highest BCUT2D eigenvalue weighted by atomic mass is 28.3. The van der Waals surface area contributed by atoms with E-state index in [1.807, 2.05) is 0 Å². The molecule has 254 valence electrons. The standard InChI is InChI=1S/C29H37F6N5O5Si/c1-46(2,3)16-15-43-19-40-18-21(28(30,31)32)25-23(7-9-36-26(25)40)44-22-6-5-20(17-24(22)45-29(33,34)35)38-27(41)37-8-4-10-39-11-13-42-14-12-39/h5-7,9,17-18H,4,8,10-16,19H2,1-3H3,(H2,37,38,41). The summed E-state index contributed by atoms with van der Waals surface area (Å²) in [5.74, 6) is -1.80. The fourth-order valence-corrected chi connectivity index (χ4v) is 5.38. The first kappa shape index (κ1) is 35.3. The number of pyridine rings is 1. The number of halogens is 6. The molecule has 0 atom stereocenters. The number of urea groups is 1. The molecule has 0 unspecified atom stereocenters. The molecule has 1 aliphatic heterocycles. The molecule has 17 heteroatoms. The maximum Gasteiger partial charge on any atom is 0.573 e. The van der Waals surface area contributed by atoms with Crippen molar-refractivity contribution in [1.82, 2.24) is 19.8 Å². The highest BCUT2D eigenvalue weighted by Gasteiger charge is 2.37. The Morgan fingerprint density at radius 2 is 1.78 bits per heavy atom. The molecule has 0 aliphatic carbocycles. The summed E-state index contributed by atoms with van der Waals surface area (Å²) in [6.07, 6.45) is -7.34. The molecular weight excluding hydrogens is 640 g/mol. The predicted octanol–water partition coefficient (Wildman–Crippen LogP) is 6.90. The van der Waals surface area contributed by atoms with E-state index in [9.17, 15) is 31.1 Å². The van der Waals surface area contributed by atoms with Gasteiger partial charge in [0.1, 0.15) is 18.1 Å². The molecule has 1 aliphatic rings. The van der Waals surface area contributed by atoms with E-state index < -0.39 is 54.8 Å². The second-order valence-corrected chi connectivity index (χ2v) is 17.5. The van der Waals surface area contributed by atoms with Gasteiger partial charge < -0.3 is 34.1 Å². The fraction of sp³-hybridized carbons (Fsp3) is 0.517. The van der Waals surface area contributed by atoms with Crippen molar-refractivity contribution in [3.05, 3.63) is 42.2 Å². The largest absolute Gasteiger partial charge is 0.573 e. The van der Waals surface area contributed by atoms with Crippen molar-refractivity contribution in [3.8, 4) is 17.2 Å². The molecule has 0 saturated carbocycles. The Kier molecular flexibility index (Phi) is 11.4. The Morgan fingerprint density at radius 1 is 1.04 bits per heavy atom. The van der Waals surface area contributed by atoms with Crippen LogP contribution in [0.1, 0.15) is 12.0 Å². The molecular formula is C29H37F6N5O5Si. The lowest BCUT2D eigenvalue weighted by atomic mass is 10.2. The first-order valence-corrected chi connectivity index (χ1v) is 18.4. The van der Waals surface area contributed by atoms with Gasteiger partial charge in [0.25, 0.3) is 0 Å². The van der Waals surface area contributed by atoms with E-state index in [1.165, 1.54) is 16.8 Å². The highest BCUT2D eigenvalue weighted by Crippen LogP contribution is 2.43. The number of benzene rings is 1. The number of carbonyl (C=O) groups is 1. The number of hydrogen-bond acceptors (Lipinski definition) is 7. The van der Waals surface area contributed by atoms with Gasteiger partial charge in [-0.05, 0) is 37.2 Å². The van der Waals surface area contributed by atoms with E-state index in [1.54, 1.807) is 0 Å². The van der Waals surface area contributed by atoms with Gasteiger partial charge in [-0.15, -0.1) is 13.2 Å². The minimum absolute atomic E-state index is 0.0604. The number of carbonyl (C=O) groups excluding carboxylic acids is 1. The molecule has 46 heavy (non-hydrogen) atoms. The lowest BCUT2D eigenvalue weighted by Gasteiger charge is -2.26. The molecule has 10 nitrogen and oxygen atoms in total. The predicted molar refractivity (Wildman–Crippen MR) is 161 cm³/mol. The Morgan fingerprint density at radius 3 is 2.46 bits per heavy atom. The lowest BCUT2D eigenvalue weighted by molar-refractivity contribution is -0.275. The smallest absolute Gasteiger partial charge is 0.453 e. The van der Waals surface area contributed by atoms with Gasteiger partial charge in [0.05, 0.1) is 24.2 Å². The summed E-state index contributed by atoms with van der Waals surface area (Å²) in [5.41, 5.74) is -1.28. The number of aromatic nitrogens is 2. The van der Waals surface area contributed by atoms with Crippen molar-refractivity contribution < 1.29 is 50.1 Å². The zero-order valence-electron chi connectivity index (χ0n) is 25.7. The SMILES string of the molecule is C[Si](C)(C)CCOCn1cc(C(F)(F)F)c2c(Oc3ccc(NC(=O)NCCCN4CCOCC4)cc3OC(F)(F)F)ccnc21. The number of anilines is 1. The van der Waals surface area contributed by atoms with Gasteiger partial charge in [0.2, 0.25) is 0 Å². The zero-order valence-corrected chi connectivity index (χ0v) is 26.7. The van der Waals surface area contributed by atoms with E-state index in [0.717, 1.165) is 50.1 Å². The van der Waals surface area contributed by atoms with Crippen molar-refractivity contribution in [2.75, 3.05) is 51.3 Å². The summed E-state index contributed by atoms with van der Waals surface area (Å²) >= 11 is 0. The molecule has 2 amide bonds. The molecule has 2 N–H and O–H groups in total. The lowest BCUT2D eigenvalue weighted by Crippen LogP contribution is -2.38. The van der Waals surface area contributed by atoms with Crippen LogP contribution in [0.5, 0.6) is 17.2 Å². The Hall–Kier alpha value is -3.54. The molecule has 0 spiro atoms. The van der Waals surface area contributed by atoms with Crippen LogP contribution in [-0.2, 0) is 22.4 Å². The van der Waals surface area contributed by atoms with E-state index >= 15 is 0 Å². The number of alkyl halides is 6. The van der Waals surface area contributed by atoms with Gasteiger partial charge >= 0.3 is 18.6 Å². The average molecular weight is 678 g/mol. The Bertz CT molecular complexity index is 1470. The van der Waals surface area contributed by atoms with Crippen LogP contribution in [0.25, 0.3) is 11.0 Å². The van der Waals surface area contributed by atoms with Crippen LogP contribution in [0, 0.1) is 0 Å². The van der Waals surface area contributed by atoms with E-state index in [-0.39, 0.29) is 18.1 Å². The van der Waals surface area contributed by atoms with Crippen LogP contribution in [0.15, 0.2) is 36.7 Å². The minimum Gasteiger partial charge on any atom is -0.453 e. The zero-order chi connectivity index (χ0) is 33.5. The van der Waals surface area contributed by atoms with E-state index in [2.05, 4.69) is 44.9 Å². The summed E-state index contributed by atoms with van der Waals surface area (Å²) in [5, 5.41) is 4.61. The number of hydrogen-bond donors (Lipinski definition) is 2. The first-order valence-electron chi connectivity index (χ1n) is 14.6. The number of nitrogens with zero attached hydrogens (tertiary/aromatic N) is 3. The highest BCUT2D eigenvalue weighted by molar-refractivity contribution is 6.76. The molecule has 1 fully saturated rings. The van der Waals surface area contributed by atoms with Crippen molar-refractivity contribution >= 4 is 30.8 Å². The van der Waals surface area contributed by atoms with Crippen molar-refractivity contribution in [1.29, 1.82) is 0 Å². The van der Waals surface area contributed by atoms with Crippen LogP contribution < -0.4 is 20.1 Å². The molecule has 2 aromatic heterocycles. The molecule has 1 saturated heterocycles. The van der Waals surface area contributed by atoms with Gasteiger partial charge in [-0.25, -0.2) is 9.78 Å². The third-order valence-electron chi connectivity index (χ3n) is 6.94. The number of amides is 2. The maximum atomic E-state index is 14.1. The maximum absolute atomic E-state index is 14.1. The molecule has 3 aromatic rings. The number of rotatable bonds is 13. The molecule has 0 radical (unpaired) electrons. The molecule has 0 bridgehead atoms. The quantitative estimate of drug-likeness (QED) is 0.115. The van der Waals surface area contributed by atoms with Gasteiger partial charge in [0, 0.05) is 58.5 Å². The fourth-order valence-electron chi connectivity index (χ4n) is 4.62. The summed E-state index contributed by atoms with van der Waals surface area (Å²) < 4.78 is 104. The second-order valence-electron chi connectivity index (χ2n) is 11.9. The molecule has 1 aromatic carbocycles. The average Bonchev–Trinajstić information content (AvgIpc) is 3.34. The van der Waals surface area contributed by atoms with Crippen LogP contribution >= 0.6 is 0 Å². The second kappa shape index (κ2) is 14.9. The number of nitrogens with one attached hydrogen (secondary N) is 2. The topological polar surface area (TPSA) is 99.1 Å². The third-order valence-corrected chi connectivity index (χ3v) is 8.64. The van der Waals surface area contributed by atoms with Crippen LogP contribution in [0.3, 0.4) is 0 Å². The summed E-state index contributed by atoms with van der Waals surface area (Å²) in [4.78, 5) is 18.6. The summed E-state index contributed by atoms with van der Waals surface area (Å²) in [6.45, 7) is 10.5.